The SMILES string of the molecule is O=C(O)CC(NC(=O)Cc1cccc(F)c1)c1cccs1. The molecule has 2 rings (SSSR count). The summed E-state index contributed by atoms with van der Waals surface area (Å²) in [7, 11) is 0. The Morgan fingerprint density at radius 2 is 2.10 bits per heavy atom. The molecule has 1 amide bonds. The van der Waals surface area contributed by atoms with Gasteiger partial charge < -0.3 is 10.4 Å². The Labute approximate surface area is 125 Å². The molecule has 0 bridgehead atoms. The fraction of sp³-hybridized carbons (Fsp3) is 0.200. The van der Waals surface area contributed by atoms with Gasteiger partial charge >= 0.3 is 5.97 Å². The third kappa shape index (κ3) is 4.68. The highest BCUT2D eigenvalue weighted by Gasteiger charge is 2.19. The maximum Gasteiger partial charge on any atom is 0.305 e. The molecule has 2 N–H and O–H groups in total. The normalized spacial score (nSPS) is 11.9. The highest BCUT2D eigenvalue weighted by atomic mass is 32.1. The smallest absolute Gasteiger partial charge is 0.305 e. The van der Waals surface area contributed by atoms with E-state index in [1.165, 1.54) is 29.5 Å². The van der Waals surface area contributed by atoms with Crippen LogP contribution in [-0.2, 0) is 16.0 Å². The van der Waals surface area contributed by atoms with Crippen molar-refractivity contribution in [1.82, 2.24) is 5.32 Å². The van der Waals surface area contributed by atoms with Crippen LogP contribution in [0.25, 0.3) is 0 Å². The topological polar surface area (TPSA) is 66.4 Å². The number of aliphatic carboxylic acids is 1. The number of rotatable bonds is 6. The summed E-state index contributed by atoms with van der Waals surface area (Å²) in [6, 6.07) is 8.79. The number of nitrogens with one attached hydrogen (secondary N) is 1. The molecule has 1 aromatic carbocycles. The van der Waals surface area contributed by atoms with Crippen molar-refractivity contribution in [3.8, 4) is 0 Å². The van der Waals surface area contributed by atoms with E-state index in [1.54, 1.807) is 18.2 Å². The third-order valence-corrected chi connectivity index (χ3v) is 3.84. The number of carbonyl (C=O) groups is 2. The molecule has 0 aliphatic rings. The van der Waals surface area contributed by atoms with Crippen LogP contribution in [0.4, 0.5) is 4.39 Å². The van der Waals surface area contributed by atoms with Gasteiger partial charge in [0.1, 0.15) is 5.82 Å². The van der Waals surface area contributed by atoms with Crippen LogP contribution in [0, 0.1) is 5.82 Å². The molecule has 1 heterocycles. The number of thiophene rings is 1. The average Bonchev–Trinajstić information content (AvgIpc) is 2.91. The summed E-state index contributed by atoms with van der Waals surface area (Å²) in [6.45, 7) is 0. The van der Waals surface area contributed by atoms with Gasteiger partial charge in [0.25, 0.3) is 0 Å². The first-order valence-electron chi connectivity index (χ1n) is 6.33. The largest absolute Gasteiger partial charge is 0.481 e. The molecule has 21 heavy (non-hydrogen) atoms. The van der Waals surface area contributed by atoms with E-state index < -0.39 is 17.8 Å². The van der Waals surface area contributed by atoms with Crippen LogP contribution in [0.5, 0.6) is 0 Å². The van der Waals surface area contributed by atoms with Crippen LogP contribution in [-0.4, -0.2) is 17.0 Å². The Hall–Kier alpha value is -2.21. The van der Waals surface area contributed by atoms with Gasteiger partial charge in [0.2, 0.25) is 5.91 Å². The van der Waals surface area contributed by atoms with E-state index in [0.29, 0.717) is 5.56 Å². The lowest BCUT2D eigenvalue weighted by Gasteiger charge is -2.15. The van der Waals surface area contributed by atoms with Gasteiger partial charge in [-0.2, -0.15) is 0 Å². The van der Waals surface area contributed by atoms with E-state index >= 15 is 0 Å². The van der Waals surface area contributed by atoms with Gasteiger partial charge in [0.15, 0.2) is 0 Å². The van der Waals surface area contributed by atoms with Crippen molar-refractivity contribution in [3.05, 3.63) is 58.0 Å². The Kier molecular flexibility index (Phi) is 5.05. The van der Waals surface area contributed by atoms with Crippen molar-refractivity contribution in [3.63, 3.8) is 0 Å². The molecular formula is C15H14FNO3S. The number of amides is 1. The summed E-state index contributed by atoms with van der Waals surface area (Å²) in [5.74, 6) is -1.72. The highest BCUT2D eigenvalue weighted by molar-refractivity contribution is 7.10. The molecule has 1 atom stereocenters. The molecule has 0 fully saturated rings. The predicted octanol–water partition coefficient (Wildman–Crippen LogP) is 2.76. The van der Waals surface area contributed by atoms with Crippen LogP contribution in [0.15, 0.2) is 41.8 Å². The van der Waals surface area contributed by atoms with Crippen LogP contribution in [0.1, 0.15) is 22.9 Å². The first-order chi connectivity index (χ1) is 10.0. The van der Waals surface area contributed by atoms with Gasteiger partial charge in [-0.25, -0.2) is 4.39 Å². The molecule has 6 heteroatoms. The van der Waals surface area contributed by atoms with E-state index in [9.17, 15) is 14.0 Å². The Balaban J connectivity index is 2.02. The van der Waals surface area contributed by atoms with Crippen molar-refractivity contribution in [1.29, 1.82) is 0 Å². The lowest BCUT2D eigenvalue weighted by atomic mass is 10.1. The monoisotopic (exact) mass is 307 g/mol. The number of halogens is 1. The van der Waals surface area contributed by atoms with Crippen LogP contribution in [0.3, 0.4) is 0 Å². The second kappa shape index (κ2) is 6.99. The predicted molar refractivity (Wildman–Crippen MR) is 77.6 cm³/mol. The fourth-order valence-corrected chi connectivity index (χ4v) is 2.74. The maximum atomic E-state index is 13.1. The van der Waals surface area contributed by atoms with Crippen molar-refractivity contribution >= 4 is 23.2 Å². The first kappa shape index (κ1) is 15.2. The van der Waals surface area contributed by atoms with Gasteiger partial charge in [-0.3, -0.25) is 9.59 Å². The zero-order valence-electron chi connectivity index (χ0n) is 11.1. The van der Waals surface area contributed by atoms with E-state index in [0.717, 1.165) is 4.88 Å². The molecule has 1 aromatic heterocycles. The molecule has 0 spiro atoms. The molecule has 0 aliphatic carbocycles. The van der Waals surface area contributed by atoms with Gasteiger partial charge in [0, 0.05) is 4.88 Å². The van der Waals surface area contributed by atoms with E-state index in [4.69, 9.17) is 5.11 Å². The van der Waals surface area contributed by atoms with Crippen LogP contribution >= 0.6 is 11.3 Å². The number of carbonyl (C=O) groups excluding carboxylic acids is 1. The summed E-state index contributed by atoms with van der Waals surface area (Å²) in [4.78, 5) is 23.7. The quantitative estimate of drug-likeness (QED) is 0.862. The molecule has 1 unspecified atom stereocenters. The van der Waals surface area contributed by atoms with Crippen molar-refractivity contribution < 1.29 is 19.1 Å². The van der Waals surface area contributed by atoms with Gasteiger partial charge in [-0.15, -0.1) is 11.3 Å². The Bertz CT molecular complexity index is 628. The van der Waals surface area contributed by atoms with Crippen LogP contribution < -0.4 is 5.32 Å². The summed E-state index contributed by atoms with van der Waals surface area (Å²) < 4.78 is 13.1. The minimum atomic E-state index is -0.987. The van der Waals surface area contributed by atoms with Gasteiger partial charge in [0.05, 0.1) is 18.9 Å². The van der Waals surface area contributed by atoms with Crippen LogP contribution in [0.2, 0.25) is 0 Å². The molecule has 110 valence electrons. The summed E-state index contributed by atoms with van der Waals surface area (Å²) in [5, 5.41) is 13.4. The molecule has 0 saturated heterocycles. The minimum absolute atomic E-state index is 0.0131. The zero-order chi connectivity index (χ0) is 15.2. The number of carboxylic acid groups (broad SMARTS) is 1. The van der Waals surface area contributed by atoms with Gasteiger partial charge in [-0.1, -0.05) is 18.2 Å². The maximum absolute atomic E-state index is 13.1. The lowest BCUT2D eigenvalue weighted by Crippen LogP contribution is -2.30. The summed E-state index contributed by atoms with van der Waals surface area (Å²) >= 11 is 1.39. The van der Waals surface area contributed by atoms with Crippen molar-refractivity contribution in [2.45, 2.75) is 18.9 Å². The molecule has 0 saturated carbocycles. The Morgan fingerprint density at radius 3 is 2.71 bits per heavy atom. The number of benzene rings is 1. The lowest BCUT2D eigenvalue weighted by molar-refractivity contribution is -0.137. The van der Waals surface area contributed by atoms with Crippen molar-refractivity contribution in [2.24, 2.45) is 0 Å². The second-order valence-electron chi connectivity index (χ2n) is 4.54. The average molecular weight is 307 g/mol. The summed E-state index contributed by atoms with van der Waals surface area (Å²) in [6.07, 6.45) is -0.172. The minimum Gasteiger partial charge on any atom is -0.481 e. The molecule has 2 aromatic rings. The van der Waals surface area contributed by atoms with Crippen molar-refractivity contribution in [2.75, 3.05) is 0 Å². The number of hydrogen-bond donors (Lipinski definition) is 2. The third-order valence-electron chi connectivity index (χ3n) is 2.85. The molecule has 0 radical (unpaired) electrons. The van der Waals surface area contributed by atoms with Gasteiger partial charge in [-0.05, 0) is 29.1 Å². The summed E-state index contributed by atoms with van der Waals surface area (Å²) in [5.41, 5.74) is 0.549. The van der Waals surface area contributed by atoms with E-state index in [1.807, 2.05) is 5.38 Å². The number of carboxylic acids is 1. The van der Waals surface area contributed by atoms with E-state index in [2.05, 4.69) is 5.32 Å². The first-order valence-corrected chi connectivity index (χ1v) is 7.21. The standard InChI is InChI=1S/C15H14FNO3S/c16-11-4-1-3-10(7-11)8-14(18)17-12(9-15(19)20)13-5-2-6-21-13/h1-7,12H,8-9H2,(H,17,18)(H,19,20). The zero-order valence-corrected chi connectivity index (χ0v) is 11.9. The number of hydrogen-bond acceptors (Lipinski definition) is 3. The fourth-order valence-electron chi connectivity index (χ4n) is 1.96. The second-order valence-corrected chi connectivity index (χ2v) is 5.52. The highest BCUT2D eigenvalue weighted by Crippen LogP contribution is 2.22. The molecule has 4 nitrogen and oxygen atoms in total. The van der Waals surface area contributed by atoms with E-state index in [-0.39, 0.29) is 18.7 Å². The Morgan fingerprint density at radius 1 is 1.29 bits per heavy atom. The molecule has 0 aliphatic heterocycles. The molecular weight excluding hydrogens is 293 g/mol.